The summed E-state index contributed by atoms with van der Waals surface area (Å²) in [7, 11) is 0. The zero-order valence-electron chi connectivity index (χ0n) is 7.60. The van der Waals surface area contributed by atoms with Gasteiger partial charge in [-0.2, -0.15) is 0 Å². The number of carbonyl (C=O) groups is 1. The molecule has 0 aromatic heterocycles. The quantitative estimate of drug-likeness (QED) is 0.463. The minimum atomic E-state index is 0.544. The molecule has 2 bridgehead atoms. The molecule has 1 heteroatoms. The van der Waals surface area contributed by atoms with Crippen molar-refractivity contribution in [3.63, 3.8) is 0 Å². The van der Waals surface area contributed by atoms with E-state index in [1.807, 2.05) is 0 Å². The Morgan fingerprint density at radius 2 is 2.00 bits per heavy atom. The Labute approximate surface area is 78.5 Å². The Kier molecular flexibility index (Phi) is 1.49. The lowest BCUT2D eigenvalue weighted by atomic mass is 9.79. The van der Waals surface area contributed by atoms with Gasteiger partial charge in [0.25, 0.3) is 0 Å². The predicted octanol–water partition coefficient (Wildman–Crippen LogP) is 2.20. The molecule has 0 unspecified atom stereocenters. The third-order valence-electron chi connectivity index (χ3n) is 4.03. The first-order valence-corrected chi connectivity index (χ1v) is 5.20. The molecular formula is C12H14O. The van der Waals surface area contributed by atoms with Gasteiger partial charge in [-0.1, -0.05) is 24.3 Å². The SMILES string of the molecule is O=CC[C@@H]1C=C[C@@H]2[C@H]1[C@H]1C=C[C@@H]2C1. The average molecular weight is 174 g/mol. The molecule has 0 aromatic carbocycles. The number of allylic oxidation sites excluding steroid dienone is 4. The van der Waals surface area contributed by atoms with Gasteiger partial charge in [0.1, 0.15) is 6.29 Å². The Morgan fingerprint density at radius 3 is 2.85 bits per heavy atom. The van der Waals surface area contributed by atoms with E-state index in [1.54, 1.807) is 0 Å². The van der Waals surface area contributed by atoms with Gasteiger partial charge in [-0.15, -0.1) is 0 Å². The molecule has 0 aliphatic heterocycles. The van der Waals surface area contributed by atoms with Crippen molar-refractivity contribution in [2.24, 2.45) is 29.6 Å². The van der Waals surface area contributed by atoms with Gasteiger partial charge in [0.15, 0.2) is 0 Å². The molecule has 0 aromatic rings. The van der Waals surface area contributed by atoms with Crippen LogP contribution in [0.2, 0.25) is 0 Å². The van der Waals surface area contributed by atoms with Crippen LogP contribution in [-0.4, -0.2) is 6.29 Å². The molecule has 0 radical (unpaired) electrons. The molecule has 0 spiro atoms. The highest BCUT2D eigenvalue weighted by Crippen LogP contribution is 2.55. The van der Waals surface area contributed by atoms with Crippen LogP contribution in [0.4, 0.5) is 0 Å². The third kappa shape index (κ3) is 0.903. The van der Waals surface area contributed by atoms with Crippen LogP contribution in [0.15, 0.2) is 24.3 Å². The normalized spacial score (nSPS) is 50.0. The Bertz CT molecular complexity index is 289. The maximum absolute atomic E-state index is 10.5. The Morgan fingerprint density at radius 1 is 1.15 bits per heavy atom. The predicted molar refractivity (Wildman–Crippen MR) is 51.0 cm³/mol. The van der Waals surface area contributed by atoms with Crippen molar-refractivity contribution in [1.29, 1.82) is 0 Å². The van der Waals surface area contributed by atoms with E-state index >= 15 is 0 Å². The molecule has 1 nitrogen and oxygen atoms in total. The number of hydrogen-bond donors (Lipinski definition) is 0. The summed E-state index contributed by atoms with van der Waals surface area (Å²) in [6.45, 7) is 0. The van der Waals surface area contributed by atoms with Crippen molar-refractivity contribution >= 4 is 6.29 Å². The van der Waals surface area contributed by atoms with E-state index in [4.69, 9.17) is 0 Å². The van der Waals surface area contributed by atoms with Crippen LogP contribution in [0.1, 0.15) is 12.8 Å². The van der Waals surface area contributed by atoms with Crippen LogP contribution >= 0.6 is 0 Å². The highest BCUT2D eigenvalue weighted by atomic mass is 16.1. The summed E-state index contributed by atoms with van der Waals surface area (Å²) in [4.78, 5) is 10.5. The lowest BCUT2D eigenvalue weighted by Crippen LogP contribution is -2.20. The molecule has 3 aliphatic rings. The van der Waals surface area contributed by atoms with E-state index in [0.717, 1.165) is 36.4 Å². The van der Waals surface area contributed by atoms with Crippen molar-refractivity contribution < 1.29 is 4.79 Å². The Balaban J connectivity index is 1.87. The minimum absolute atomic E-state index is 0.544. The summed E-state index contributed by atoms with van der Waals surface area (Å²) in [6, 6.07) is 0. The van der Waals surface area contributed by atoms with Crippen molar-refractivity contribution in [1.82, 2.24) is 0 Å². The topological polar surface area (TPSA) is 17.1 Å². The second kappa shape index (κ2) is 2.57. The molecule has 0 N–H and O–H groups in total. The zero-order chi connectivity index (χ0) is 8.84. The van der Waals surface area contributed by atoms with Crippen LogP contribution in [0.5, 0.6) is 0 Å². The maximum atomic E-state index is 10.5. The summed E-state index contributed by atoms with van der Waals surface area (Å²) >= 11 is 0. The first-order valence-electron chi connectivity index (χ1n) is 5.20. The molecule has 68 valence electrons. The van der Waals surface area contributed by atoms with E-state index < -0.39 is 0 Å². The van der Waals surface area contributed by atoms with Crippen molar-refractivity contribution in [3.8, 4) is 0 Å². The lowest BCUT2D eigenvalue weighted by Gasteiger charge is -2.24. The van der Waals surface area contributed by atoms with E-state index in [0.29, 0.717) is 5.92 Å². The molecule has 0 saturated heterocycles. The zero-order valence-corrected chi connectivity index (χ0v) is 7.60. The first-order chi connectivity index (χ1) is 6.40. The lowest BCUT2D eigenvalue weighted by molar-refractivity contribution is -0.108. The van der Waals surface area contributed by atoms with Gasteiger partial charge < -0.3 is 4.79 Å². The number of aldehydes is 1. The maximum Gasteiger partial charge on any atom is 0.120 e. The van der Waals surface area contributed by atoms with Crippen LogP contribution < -0.4 is 0 Å². The summed E-state index contributed by atoms with van der Waals surface area (Å²) in [6.07, 6.45) is 12.5. The number of rotatable bonds is 2. The van der Waals surface area contributed by atoms with Gasteiger partial charge in [0.2, 0.25) is 0 Å². The molecule has 0 amide bonds. The molecular weight excluding hydrogens is 160 g/mol. The molecule has 5 atom stereocenters. The smallest absolute Gasteiger partial charge is 0.120 e. The third-order valence-corrected chi connectivity index (χ3v) is 4.03. The molecule has 1 saturated carbocycles. The highest BCUT2D eigenvalue weighted by molar-refractivity contribution is 5.51. The van der Waals surface area contributed by atoms with Crippen molar-refractivity contribution in [2.45, 2.75) is 12.8 Å². The second-order valence-electron chi connectivity index (χ2n) is 4.55. The fourth-order valence-corrected chi connectivity index (χ4v) is 3.52. The fraction of sp³-hybridized carbons (Fsp3) is 0.583. The van der Waals surface area contributed by atoms with Crippen LogP contribution in [0, 0.1) is 29.6 Å². The second-order valence-corrected chi connectivity index (χ2v) is 4.55. The molecule has 13 heavy (non-hydrogen) atoms. The van der Waals surface area contributed by atoms with E-state index in [9.17, 15) is 4.79 Å². The summed E-state index contributed by atoms with van der Waals surface area (Å²) in [5.74, 6) is 3.64. The standard InChI is InChI=1S/C12H14O/c13-6-5-8-3-4-11-9-1-2-10(7-9)12(8)11/h1-4,6,8-12H,5,7H2/t8-,9+,10-,11-,12+/m0/s1. The van der Waals surface area contributed by atoms with Gasteiger partial charge >= 0.3 is 0 Å². The van der Waals surface area contributed by atoms with Crippen molar-refractivity contribution in [3.05, 3.63) is 24.3 Å². The summed E-state index contributed by atoms with van der Waals surface area (Å²) in [5.41, 5.74) is 0. The van der Waals surface area contributed by atoms with E-state index in [2.05, 4.69) is 24.3 Å². The Hall–Kier alpha value is -0.850. The summed E-state index contributed by atoms with van der Waals surface area (Å²) in [5, 5.41) is 0. The monoisotopic (exact) mass is 174 g/mol. The average Bonchev–Trinajstić information content (AvgIpc) is 2.74. The van der Waals surface area contributed by atoms with Gasteiger partial charge in [0.05, 0.1) is 0 Å². The number of hydrogen-bond acceptors (Lipinski definition) is 1. The van der Waals surface area contributed by atoms with E-state index in [-0.39, 0.29) is 0 Å². The van der Waals surface area contributed by atoms with E-state index in [1.165, 1.54) is 6.42 Å². The largest absolute Gasteiger partial charge is 0.303 e. The van der Waals surface area contributed by atoms with Gasteiger partial charge in [-0.25, -0.2) is 0 Å². The van der Waals surface area contributed by atoms with Crippen molar-refractivity contribution in [2.75, 3.05) is 0 Å². The molecule has 3 rings (SSSR count). The van der Waals surface area contributed by atoms with Crippen LogP contribution in [0.25, 0.3) is 0 Å². The van der Waals surface area contributed by atoms with Gasteiger partial charge in [0, 0.05) is 6.42 Å². The minimum Gasteiger partial charge on any atom is -0.303 e. The first kappa shape index (κ1) is 7.54. The molecule has 0 heterocycles. The van der Waals surface area contributed by atoms with Crippen LogP contribution in [0.3, 0.4) is 0 Å². The van der Waals surface area contributed by atoms with Crippen LogP contribution in [-0.2, 0) is 4.79 Å². The summed E-state index contributed by atoms with van der Waals surface area (Å²) < 4.78 is 0. The van der Waals surface area contributed by atoms with Gasteiger partial charge in [-0.3, -0.25) is 0 Å². The number of fused-ring (bicyclic) bond motifs is 5. The number of carbonyl (C=O) groups excluding carboxylic acids is 1. The highest BCUT2D eigenvalue weighted by Gasteiger charge is 2.48. The molecule has 1 fully saturated rings. The molecule has 3 aliphatic carbocycles. The van der Waals surface area contributed by atoms with Gasteiger partial charge in [-0.05, 0) is 36.0 Å². The fourth-order valence-electron chi connectivity index (χ4n) is 3.52.